The number of fused-ring (bicyclic) bond motifs is 1. The van der Waals surface area contributed by atoms with Crippen LogP contribution >= 0.6 is 11.8 Å². The molecule has 0 N–H and O–H groups in total. The molecule has 0 fully saturated rings. The van der Waals surface area contributed by atoms with Crippen LogP contribution in [0.2, 0.25) is 0 Å². The molecule has 0 spiro atoms. The highest BCUT2D eigenvalue weighted by molar-refractivity contribution is 7.99. The highest BCUT2D eigenvalue weighted by Gasteiger charge is 2.08. The zero-order chi connectivity index (χ0) is 12.3. The van der Waals surface area contributed by atoms with E-state index in [0.29, 0.717) is 11.7 Å². The second-order valence-electron chi connectivity index (χ2n) is 4.31. The van der Waals surface area contributed by atoms with Crippen molar-refractivity contribution in [1.82, 2.24) is 4.57 Å². The minimum Gasteiger partial charge on any atom is -0.287 e. The molecule has 0 aliphatic heterocycles. The first-order valence-corrected chi connectivity index (χ1v) is 6.94. The number of carbonyl (C=O) groups is 1. The van der Waals surface area contributed by atoms with Crippen molar-refractivity contribution in [2.45, 2.75) is 25.5 Å². The summed E-state index contributed by atoms with van der Waals surface area (Å²) in [6.07, 6.45) is 2.47. The van der Waals surface area contributed by atoms with Gasteiger partial charge in [-0.3, -0.25) is 9.36 Å². The molecule has 17 heavy (non-hydrogen) atoms. The Hall–Kier alpha value is -1.22. The molecular formula is C14H17NOS. The van der Waals surface area contributed by atoms with E-state index in [4.69, 9.17) is 0 Å². The molecule has 3 heteroatoms. The third-order valence-electron chi connectivity index (χ3n) is 2.64. The van der Waals surface area contributed by atoms with E-state index in [2.05, 4.69) is 13.8 Å². The van der Waals surface area contributed by atoms with Crippen LogP contribution in [-0.4, -0.2) is 21.5 Å². The summed E-state index contributed by atoms with van der Waals surface area (Å²) in [6.45, 7) is 4.31. The van der Waals surface area contributed by atoms with Crippen LogP contribution in [0, 0.1) is 0 Å². The normalized spacial score (nSPS) is 11.2. The molecule has 2 aromatic rings. The number of thioether (sulfide) groups is 1. The van der Waals surface area contributed by atoms with Crippen molar-refractivity contribution in [2.75, 3.05) is 5.75 Å². The Labute approximate surface area is 106 Å². The van der Waals surface area contributed by atoms with E-state index < -0.39 is 0 Å². The molecule has 0 saturated heterocycles. The SMILES string of the molecule is CC(C)SCCC(=O)n1ccc2ccccc21. The molecular weight excluding hydrogens is 230 g/mol. The van der Waals surface area contributed by atoms with Crippen molar-refractivity contribution >= 4 is 28.6 Å². The van der Waals surface area contributed by atoms with E-state index in [1.54, 1.807) is 4.57 Å². The van der Waals surface area contributed by atoms with Gasteiger partial charge in [-0.15, -0.1) is 0 Å². The number of hydrogen-bond acceptors (Lipinski definition) is 2. The number of para-hydroxylation sites is 1. The lowest BCUT2D eigenvalue weighted by Crippen LogP contribution is -2.10. The van der Waals surface area contributed by atoms with Crippen LogP contribution in [0.5, 0.6) is 0 Å². The largest absolute Gasteiger partial charge is 0.287 e. The average molecular weight is 247 g/mol. The van der Waals surface area contributed by atoms with Crippen LogP contribution in [0.25, 0.3) is 10.9 Å². The zero-order valence-electron chi connectivity index (χ0n) is 10.2. The first kappa shape index (κ1) is 12.2. The van der Waals surface area contributed by atoms with Gasteiger partial charge in [0, 0.05) is 23.8 Å². The molecule has 1 aromatic heterocycles. The van der Waals surface area contributed by atoms with Gasteiger partial charge in [-0.1, -0.05) is 32.0 Å². The molecule has 2 nitrogen and oxygen atoms in total. The fraction of sp³-hybridized carbons (Fsp3) is 0.357. The first-order chi connectivity index (χ1) is 8.18. The predicted octanol–water partition coefficient (Wildman–Crippen LogP) is 3.81. The van der Waals surface area contributed by atoms with E-state index in [1.165, 1.54) is 0 Å². The Kier molecular flexibility index (Phi) is 3.89. The summed E-state index contributed by atoms with van der Waals surface area (Å²) in [5.74, 6) is 1.07. The second-order valence-corrected chi connectivity index (χ2v) is 5.99. The van der Waals surface area contributed by atoms with Gasteiger partial charge in [-0.05, 0) is 17.4 Å². The van der Waals surface area contributed by atoms with E-state index in [-0.39, 0.29) is 5.91 Å². The summed E-state index contributed by atoms with van der Waals surface area (Å²) in [5, 5.41) is 1.71. The van der Waals surface area contributed by atoms with E-state index in [1.807, 2.05) is 48.3 Å². The maximum atomic E-state index is 12.1. The van der Waals surface area contributed by atoms with Crippen molar-refractivity contribution < 1.29 is 4.79 Å². The summed E-state index contributed by atoms with van der Waals surface area (Å²) in [6, 6.07) is 9.97. The fourth-order valence-electron chi connectivity index (χ4n) is 1.80. The lowest BCUT2D eigenvalue weighted by molar-refractivity contribution is 0.0915. The van der Waals surface area contributed by atoms with Gasteiger partial charge in [0.15, 0.2) is 0 Å². The van der Waals surface area contributed by atoms with Crippen molar-refractivity contribution in [2.24, 2.45) is 0 Å². The predicted molar refractivity (Wildman–Crippen MR) is 74.8 cm³/mol. The molecule has 0 aliphatic carbocycles. The van der Waals surface area contributed by atoms with Gasteiger partial charge in [-0.25, -0.2) is 0 Å². The molecule has 1 heterocycles. The van der Waals surface area contributed by atoms with Gasteiger partial charge in [0.05, 0.1) is 5.52 Å². The van der Waals surface area contributed by atoms with Crippen LogP contribution in [0.15, 0.2) is 36.5 Å². The maximum Gasteiger partial charge on any atom is 0.231 e. The summed E-state index contributed by atoms with van der Waals surface area (Å²) in [7, 11) is 0. The topological polar surface area (TPSA) is 22.0 Å². The van der Waals surface area contributed by atoms with Gasteiger partial charge in [0.1, 0.15) is 0 Å². The number of carbonyl (C=O) groups excluding carboxylic acids is 1. The summed E-state index contributed by atoms with van der Waals surface area (Å²) >= 11 is 1.83. The van der Waals surface area contributed by atoms with Crippen LogP contribution in [-0.2, 0) is 0 Å². The van der Waals surface area contributed by atoms with Gasteiger partial charge >= 0.3 is 0 Å². The van der Waals surface area contributed by atoms with Gasteiger partial charge in [0.25, 0.3) is 0 Å². The molecule has 2 rings (SSSR count). The quantitative estimate of drug-likeness (QED) is 0.819. The minimum atomic E-state index is 0.180. The van der Waals surface area contributed by atoms with Crippen molar-refractivity contribution in [1.29, 1.82) is 0 Å². The third kappa shape index (κ3) is 2.91. The summed E-state index contributed by atoms with van der Waals surface area (Å²) < 4.78 is 1.76. The Morgan fingerprint density at radius 3 is 2.82 bits per heavy atom. The maximum absolute atomic E-state index is 12.1. The van der Waals surface area contributed by atoms with E-state index in [9.17, 15) is 4.79 Å². The number of hydrogen-bond donors (Lipinski definition) is 0. The molecule has 1 aromatic carbocycles. The number of benzene rings is 1. The minimum absolute atomic E-state index is 0.180. The van der Waals surface area contributed by atoms with Crippen molar-refractivity contribution in [3.8, 4) is 0 Å². The van der Waals surface area contributed by atoms with E-state index in [0.717, 1.165) is 16.7 Å². The van der Waals surface area contributed by atoms with Crippen LogP contribution < -0.4 is 0 Å². The molecule has 0 radical (unpaired) electrons. The lowest BCUT2D eigenvalue weighted by Gasteiger charge is -2.06. The standard InChI is InChI=1S/C14H17NOS/c1-11(2)17-10-8-14(16)15-9-7-12-5-3-4-6-13(12)15/h3-7,9,11H,8,10H2,1-2H3. The number of rotatable bonds is 4. The molecule has 0 amide bonds. The van der Waals surface area contributed by atoms with Gasteiger partial charge in [-0.2, -0.15) is 11.8 Å². The molecule has 0 aliphatic rings. The average Bonchev–Trinajstić information content (AvgIpc) is 2.72. The first-order valence-electron chi connectivity index (χ1n) is 5.89. The summed E-state index contributed by atoms with van der Waals surface area (Å²) in [4.78, 5) is 12.1. The Morgan fingerprint density at radius 2 is 2.06 bits per heavy atom. The zero-order valence-corrected chi connectivity index (χ0v) is 11.0. The monoisotopic (exact) mass is 247 g/mol. The molecule has 0 atom stereocenters. The third-order valence-corrected chi connectivity index (χ3v) is 3.74. The second kappa shape index (κ2) is 5.41. The van der Waals surface area contributed by atoms with Gasteiger partial charge < -0.3 is 0 Å². The Bertz CT molecular complexity index is 516. The fourth-order valence-corrected chi connectivity index (χ4v) is 2.57. The van der Waals surface area contributed by atoms with Crippen LogP contribution in [0.3, 0.4) is 0 Å². The molecule has 0 bridgehead atoms. The molecule has 0 saturated carbocycles. The number of aromatic nitrogens is 1. The highest BCUT2D eigenvalue weighted by atomic mass is 32.2. The van der Waals surface area contributed by atoms with Crippen molar-refractivity contribution in [3.05, 3.63) is 36.5 Å². The summed E-state index contributed by atoms with van der Waals surface area (Å²) in [5.41, 5.74) is 1.01. The molecule has 90 valence electrons. The smallest absolute Gasteiger partial charge is 0.231 e. The van der Waals surface area contributed by atoms with Gasteiger partial charge in [0.2, 0.25) is 5.91 Å². The van der Waals surface area contributed by atoms with E-state index >= 15 is 0 Å². The number of nitrogens with zero attached hydrogens (tertiary/aromatic N) is 1. The highest BCUT2D eigenvalue weighted by Crippen LogP contribution is 2.17. The molecule has 0 unspecified atom stereocenters. The van der Waals surface area contributed by atoms with Crippen molar-refractivity contribution in [3.63, 3.8) is 0 Å². The Morgan fingerprint density at radius 1 is 1.29 bits per heavy atom. The van der Waals surface area contributed by atoms with Crippen LogP contribution in [0.4, 0.5) is 0 Å². The lowest BCUT2D eigenvalue weighted by atomic mass is 10.2. The Balaban J connectivity index is 2.09. The van der Waals surface area contributed by atoms with Crippen LogP contribution in [0.1, 0.15) is 25.1 Å².